The van der Waals surface area contributed by atoms with Crippen LogP contribution in [0.15, 0.2) is 48.8 Å². The summed E-state index contributed by atoms with van der Waals surface area (Å²) in [7, 11) is 0. The first-order valence-corrected chi connectivity index (χ1v) is 13.1. The molecule has 0 atom stereocenters. The Kier molecular flexibility index (Phi) is 17.3. The number of hydrogen-bond acceptors (Lipinski definition) is 6. The van der Waals surface area contributed by atoms with Gasteiger partial charge in [0.15, 0.2) is 0 Å². The number of pyridine rings is 3. The molecular weight excluding hydrogens is 584 g/mol. The van der Waals surface area contributed by atoms with Gasteiger partial charge in [0.2, 0.25) is 0 Å². The third-order valence-electron chi connectivity index (χ3n) is 5.47. The maximum atomic E-state index is 7.32. The Morgan fingerprint density at radius 3 is 1.12 bits per heavy atom. The molecule has 3 aromatic rings. The molecular formula is C31H38CuN6S2. The molecule has 0 aliphatic carbocycles. The van der Waals surface area contributed by atoms with Gasteiger partial charge in [-0.1, -0.05) is 86.7 Å². The van der Waals surface area contributed by atoms with E-state index in [9.17, 15) is 0 Å². The van der Waals surface area contributed by atoms with E-state index in [2.05, 4.69) is 133 Å². The number of isothiocyanates is 2. The Morgan fingerprint density at radius 1 is 0.625 bits per heavy atom. The van der Waals surface area contributed by atoms with Crippen LogP contribution in [0.4, 0.5) is 0 Å². The molecule has 0 aliphatic heterocycles. The normalized spacial score (nSPS) is 10.2. The molecule has 40 heavy (non-hydrogen) atoms. The van der Waals surface area contributed by atoms with Gasteiger partial charge in [0.1, 0.15) is 0 Å². The quantitative estimate of drug-likeness (QED) is 0.161. The minimum atomic E-state index is -0.00425. The van der Waals surface area contributed by atoms with Gasteiger partial charge in [-0.15, -0.1) is 0 Å². The van der Waals surface area contributed by atoms with Crippen LogP contribution in [0, 0.1) is 11.3 Å². The van der Waals surface area contributed by atoms with Crippen molar-refractivity contribution < 1.29 is 17.1 Å². The van der Waals surface area contributed by atoms with Gasteiger partial charge < -0.3 is 10.8 Å². The fourth-order valence-corrected chi connectivity index (χ4v) is 3.30. The number of nitrogens with zero attached hydrogens (tertiary/aromatic N) is 6. The van der Waals surface area contributed by atoms with Crippen LogP contribution in [0.2, 0.25) is 0 Å². The van der Waals surface area contributed by atoms with E-state index in [1.807, 2.05) is 12.4 Å². The fraction of sp³-hybridized carbons (Fsp3) is 0.419. The van der Waals surface area contributed by atoms with E-state index in [-0.39, 0.29) is 33.3 Å². The summed E-state index contributed by atoms with van der Waals surface area (Å²) >= 11 is 7.40. The molecule has 3 rings (SSSR count). The molecule has 0 saturated carbocycles. The topological polar surface area (TPSA) is 107 Å². The molecule has 0 saturated heterocycles. The first kappa shape index (κ1) is 39.2. The zero-order chi connectivity index (χ0) is 30.4. The van der Waals surface area contributed by atoms with E-state index in [1.165, 1.54) is 33.9 Å². The van der Waals surface area contributed by atoms with Crippen LogP contribution >= 0.6 is 24.4 Å². The maximum Gasteiger partial charge on any atom is 2.00 e. The van der Waals surface area contributed by atoms with E-state index in [4.69, 9.17) is 21.1 Å². The number of rotatable bonds is 2. The second kappa shape index (κ2) is 17.7. The summed E-state index contributed by atoms with van der Waals surface area (Å²) in [5.41, 5.74) is 7.45. The van der Waals surface area contributed by atoms with Crippen molar-refractivity contribution in [1.82, 2.24) is 15.0 Å². The standard InChI is InChI=1S/C27H35N3.C2H3N.2CNS.Cu/c1-25(2,3)18-10-12-28-21(14-18)23-16-20(27(7,8)9)17-24(30-23)22-15-19(11-13-29-22)26(4,5)6;1-2-3;2*2-1-3;/h10-17H,1-9H3;1H3;;;/q;;2*-1;+2. The minimum Gasteiger partial charge on any atom is -0.753 e. The zero-order valence-corrected chi connectivity index (χ0v) is 27.5. The van der Waals surface area contributed by atoms with Crippen LogP contribution in [0.3, 0.4) is 0 Å². The number of thiocarbonyl (C=S) groups is 2. The summed E-state index contributed by atoms with van der Waals surface area (Å²) in [5.74, 6) is 0. The Morgan fingerprint density at radius 2 is 0.875 bits per heavy atom. The molecule has 215 valence electrons. The number of aromatic nitrogens is 3. The van der Waals surface area contributed by atoms with Gasteiger partial charge >= 0.3 is 17.1 Å². The van der Waals surface area contributed by atoms with Crippen molar-refractivity contribution in [2.45, 2.75) is 85.5 Å². The van der Waals surface area contributed by atoms with E-state index in [0.717, 1.165) is 22.8 Å². The van der Waals surface area contributed by atoms with Gasteiger partial charge in [-0.2, -0.15) is 15.6 Å². The average Bonchev–Trinajstić information content (AvgIpc) is 2.84. The molecule has 9 heteroatoms. The third-order valence-corrected chi connectivity index (χ3v) is 5.47. The molecule has 0 spiro atoms. The second-order valence-corrected chi connectivity index (χ2v) is 12.0. The van der Waals surface area contributed by atoms with Gasteiger partial charge in [-0.25, -0.2) is 4.98 Å². The molecule has 1 radical (unpaired) electrons. The van der Waals surface area contributed by atoms with Crippen molar-refractivity contribution in [1.29, 1.82) is 5.26 Å². The predicted octanol–water partition coefficient (Wildman–Crippen LogP) is 8.94. The third kappa shape index (κ3) is 13.4. The van der Waals surface area contributed by atoms with Gasteiger partial charge in [-0.05, 0) is 69.3 Å². The summed E-state index contributed by atoms with van der Waals surface area (Å²) in [5, 5.41) is 24.3. The Bertz CT molecular complexity index is 1240. The molecule has 0 unspecified atom stereocenters. The van der Waals surface area contributed by atoms with Gasteiger partial charge in [0.25, 0.3) is 0 Å². The SMILES string of the molecule is CC#N.CC(C)(C)c1ccnc(-c2cc(C(C)(C)C)cc(-c3cc(C(C)(C)C)ccn3)n2)c1.[Cu+2].[N-]=C=S.[N-]=C=S. The van der Waals surface area contributed by atoms with Crippen molar-refractivity contribution in [3.63, 3.8) is 0 Å². The Labute approximate surface area is 261 Å². The predicted molar refractivity (Wildman–Crippen MR) is 170 cm³/mol. The van der Waals surface area contributed by atoms with E-state index in [1.54, 1.807) is 6.07 Å². The molecule has 3 aromatic heterocycles. The molecule has 0 aromatic carbocycles. The van der Waals surface area contributed by atoms with Crippen molar-refractivity contribution in [3.8, 4) is 28.8 Å². The van der Waals surface area contributed by atoms with Crippen LogP contribution in [0.5, 0.6) is 0 Å². The summed E-state index contributed by atoms with van der Waals surface area (Å²) < 4.78 is 0. The summed E-state index contributed by atoms with van der Waals surface area (Å²) in [6, 6.07) is 14.6. The maximum absolute atomic E-state index is 7.32. The summed E-state index contributed by atoms with van der Waals surface area (Å²) in [4.78, 5) is 14.3. The Balaban J connectivity index is 0. The van der Waals surface area contributed by atoms with Crippen LogP contribution < -0.4 is 0 Å². The van der Waals surface area contributed by atoms with E-state index >= 15 is 0 Å². The fourth-order valence-electron chi connectivity index (χ4n) is 3.30. The average molecular weight is 622 g/mol. The molecule has 6 nitrogen and oxygen atoms in total. The van der Waals surface area contributed by atoms with Crippen molar-refractivity contribution in [3.05, 3.63) is 76.3 Å². The zero-order valence-electron chi connectivity index (χ0n) is 24.9. The molecule has 0 amide bonds. The molecule has 3 heterocycles. The molecule has 0 aliphatic rings. The van der Waals surface area contributed by atoms with Gasteiger partial charge in [0.05, 0.1) is 28.8 Å². The second-order valence-electron chi connectivity index (χ2n) is 11.6. The summed E-state index contributed by atoms with van der Waals surface area (Å²) in [6.45, 7) is 21.4. The van der Waals surface area contributed by atoms with E-state index < -0.39 is 0 Å². The Hall–Kier alpha value is -2.94. The van der Waals surface area contributed by atoms with Gasteiger partial charge in [-0.3, -0.25) is 9.97 Å². The van der Waals surface area contributed by atoms with E-state index in [0.29, 0.717) is 0 Å². The van der Waals surface area contributed by atoms with Crippen LogP contribution in [-0.2, 0) is 33.3 Å². The molecule has 0 bridgehead atoms. The monoisotopic (exact) mass is 621 g/mol. The molecule has 0 N–H and O–H groups in total. The van der Waals surface area contributed by atoms with Crippen molar-refractivity contribution in [2.24, 2.45) is 0 Å². The van der Waals surface area contributed by atoms with Crippen LogP contribution in [0.1, 0.15) is 85.9 Å². The largest absolute Gasteiger partial charge is 2.00 e. The number of hydrogen-bond donors (Lipinski definition) is 0. The van der Waals surface area contributed by atoms with Crippen LogP contribution in [-0.4, -0.2) is 25.3 Å². The van der Waals surface area contributed by atoms with Crippen LogP contribution in [0.25, 0.3) is 33.6 Å². The van der Waals surface area contributed by atoms with Crippen molar-refractivity contribution >= 4 is 34.8 Å². The smallest absolute Gasteiger partial charge is 0.753 e. The number of nitriles is 1. The molecule has 0 fully saturated rings. The first-order chi connectivity index (χ1) is 18.0. The summed E-state index contributed by atoms with van der Waals surface area (Å²) in [6.07, 6.45) is 3.78. The van der Waals surface area contributed by atoms with Crippen molar-refractivity contribution in [2.75, 3.05) is 0 Å². The minimum absolute atomic E-state index is 0. The first-order valence-electron chi connectivity index (χ1n) is 12.3. The van der Waals surface area contributed by atoms with Gasteiger partial charge in [0, 0.05) is 19.3 Å².